The zero-order valence-electron chi connectivity index (χ0n) is 10.3. The Morgan fingerprint density at radius 2 is 1.63 bits per heavy atom. The van der Waals surface area contributed by atoms with E-state index >= 15 is 0 Å². The first-order valence-electron chi connectivity index (χ1n) is 6.17. The van der Waals surface area contributed by atoms with E-state index in [-0.39, 0.29) is 0 Å². The number of hydrogen-bond acceptors (Lipinski definition) is 1. The molecule has 0 aliphatic rings. The van der Waals surface area contributed by atoms with Gasteiger partial charge in [0, 0.05) is 4.47 Å². The van der Waals surface area contributed by atoms with Gasteiger partial charge >= 0.3 is 0 Å². The van der Waals surface area contributed by atoms with E-state index in [4.69, 9.17) is 4.74 Å². The first kappa shape index (κ1) is 12.2. The van der Waals surface area contributed by atoms with Gasteiger partial charge in [-0.1, -0.05) is 58.4 Å². The Balaban J connectivity index is 1.78. The van der Waals surface area contributed by atoms with Crippen molar-refractivity contribution in [2.75, 3.05) is 0 Å². The lowest BCUT2D eigenvalue weighted by atomic mass is 10.1. The summed E-state index contributed by atoms with van der Waals surface area (Å²) in [5.41, 5.74) is 1.16. The predicted octanol–water partition coefficient (Wildman–Crippen LogP) is 5.18. The summed E-state index contributed by atoms with van der Waals surface area (Å²) in [6.45, 7) is 0.581. The molecule has 0 amide bonds. The molecule has 3 rings (SSSR count). The Labute approximate surface area is 121 Å². The standard InChI is InChI=1S/C17H13BrO/c18-16-7-3-4-13(10-16)12-19-17-9-8-14-5-1-2-6-15(14)11-17/h1-11H,12H2. The fraction of sp³-hybridized carbons (Fsp3) is 0.0588. The van der Waals surface area contributed by atoms with E-state index in [1.165, 1.54) is 10.8 Å². The normalized spacial score (nSPS) is 10.6. The van der Waals surface area contributed by atoms with Crippen molar-refractivity contribution < 1.29 is 4.74 Å². The summed E-state index contributed by atoms with van der Waals surface area (Å²) >= 11 is 3.47. The van der Waals surface area contributed by atoms with Crippen LogP contribution in [-0.2, 0) is 6.61 Å². The molecule has 0 saturated carbocycles. The number of ether oxygens (including phenoxy) is 1. The Kier molecular flexibility index (Phi) is 3.51. The third-order valence-electron chi connectivity index (χ3n) is 3.02. The van der Waals surface area contributed by atoms with Gasteiger partial charge in [-0.25, -0.2) is 0 Å². The van der Waals surface area contributed by atoms with Gasteiger partial charge in [0.05, 0.1) is 0 Å². The van der Waals surface area contributed by atoms with Crippen LogP contribution in [0, 0.1) is 0 Å². The molecule has 1 nitrogen and oxygen atoms in total. The molecule has 0 unspecified atom stereocenters. The quantitative estimate of drug-likeness (QED) is 0.647. The summed E-state index contributed by atoms with van der Waals surface area (Å²) in [5, 5.41) is 2.44. The van der Waals surface area contributed by atoms with Gasteiger partial charge in [0.2, 0.25) is 0 Å². The first-order chi connectivity index (χ1) is 9.31. The summed E-state index contributed by atoms with van der Waals surface area (Å²) in [6.07, 6.45) is 0. The van der Waals surface area contributed by atoms with Crippen molar-refractivity contribution in [3.8, 4) is 5.75 Å². The third-order valence-corrected chi connectivity index (χ3v) is 3.51. The predicted molar refractivity (Wildman–Crippen MR) is 82.4 cm³/mol. The molecule has 0 aliphatic heterocycles. The molecule has 0 atom stereocenters. The average Bonchev–Trinajstić information content (AvgIpc) is 2.45. The molecule has 19 heavy (non-hydrogen) atoms. The average molecular weight is 313 g/mol. The molecule has 0 aromatic heterocycles. The molecule has 0 aliphatic carbocycles. The van der Waals surface area contributed by atoms with Crippen LogP contribution in [0.5, 0.6) is 5.75 Å². The van der Waals surface area contributed by atoms with Crippen molar-refractivity contribution >= 4 is 26.7 Å². The molecule has 3 aromatic carbocycles. The van der Waals surface area contributed by atoms with Crippen LogP contribution in [-0.4, -0.2) is 0 Å². The van der Waals surface area contributed by atoms with Crippen LogP contribution in [0.2, 0.25) is 0 Å². The maximum absolute atomic E-state index is 5.83. The van der Waals surface area contributed by atoms with Crippen LogP contribution < -0.4 is 4.74 Å². The van der Waals surface area contributed by atoms with Crippen molar-refractivity contribution in [3.63, 3.8) is 0 Å². The zero-order chi connectivity index (χ0) is 13.1. The van der Waals surface area contributed by atoms with E-state index in [0.29, 0.717) is 6.61 Å². The van der Waals surface area contributed by atoms with Gasteiger partial charge in [0.1, 0.15) is 12.4 Å². The molecule has 0 radical (unpaired) electrons. The van der Waals surface area contributed by atoms with E-state index in [9.17, 15) is 0 Å². The van der Waals surface area contributed by atoms with Crippen LogP contribution in [0.1, 0.15) is 5.56 Å². The van der Waals surface area contributed by atoms with Crippen LogP contribution in [0.25, 0.3) is 10.8 Å². The summed E-state index contributed by atoms with van der Waals surface area (Å²) in [5.74, 6) is 0.902. The SMILES string of the molecule is Brc1cccc(COc2ccc3ccccc3c2)c1. The molecule has 0 fully saturated rings. The highest BCUT2D eigenvalue weighted by atomic mass is 79.9. The van der Waals surface area contributed by atoms with Gasteiger partial charge in [0.15, 0.2) is 0 Å². The van der Waals surface area contributed by atoms with Gasteiger partial charge in [-0.3, -0.25) is 0 Å². The Bertz CT molecular complexity index is 706. The van der Waals surface area contributed by atoms with Crippen molar-refractivity contribution in [1.82, 2.24) is 0 Å². The van der Waals surface area contributed by atoms with E-state index in [2.05, 4.69) is 52.3 Å². The van der Waals surface area contributed by atoms with E-state index in [0.717, 1.165) is 15.8 Å². The molecule has 2 heteroatoms. The van der Waals surface area contributed by atoms with Gasteiger partial charge in [0.25, 0.3) is 0 Å². The Morgan fingerprint density at radius 1 is 0.789 bits per heavy atom. The van der Waals surface area contributed by atoms with Crippen molar-refractivity contribution in [3.05, 3.63) is 76.8 Å². The molecule has 0 saturated heterocycles. The van der Waals surface area contributed by atoms with Gasteiger partial charge in [-0.15, -0.1) is 0 Å². The second-order valence-corrected chi connectivity index (χ2v) is 5.34. The molecule has 0 bridgehead atoms. The van der Waals surface area contributed by atoms with Gasteiger partial charge in [-0.2, -0.15) is 0 Å². The summed E-state index contributed by atoms with van der Waals surface area (Å²) < 4.78 is 6.91. The van der Waals surface area contributed by atoms with Crippen molar-refractivity contribution in [2.24, 2.45) is 0 Å². The third kappa shape index (κ3) is 2.96. The molecular weight excluding hydrogens is 300 g/mol. The van der Waals surface area contributed by atoms with Crippen LogP contribution in [0.3, 0.4) is 0 Å². The highest BCUT2D eigenvalue weighted by Gasteiger charge is 1.99. The molecule has 3 aromatic rings. The van der Waals surface area contributed by atoms with Crippen molar-refractivity contribution in [2.45, 2.75) is 6.61 Å². The minimum Gasteiger partial charge on any atom is -0.489 e. The lowest BCUT2D eigenvalue weighted by Crippen LogP contribution is -1.95. The fourth-order valence-corrected chi connectivity index (χ4v) is 2.50. The van der Waals surface area contributed by atoms with E-state index < -0.39 is 0 Å². The lowest BCUT2D eigenvalue weighted by Gasteiger charge is -2.07. The molecule has 0 spiro atoms. The largest absolute Gasteiger partial charge is 0.489 e. The topological polar surface area (TPSA) is 9.23 Å². The number of hydrogen-bond donors (Lipinski definition) is 0. The minimum atomic E-state index is 0.581. The summed E-state index contributed by atoms with van der Waals surface area (Å²) in [6, 6.07) is 22.6. The lowest BCUT2D eigenvalue weighted by molar-refractivity contribution is 0.306. The fourth-order valence-electron chi connectivity index (χ4n) is 2.05. The number of rotatable bonds is 3. The number of halogens is 1. The zero-order valence-corrected chi connectivity index (χ0v) is 11.9. The van der Waals surface area contributed by atoms with Gasteiger partial charge in [-0.05, 0) is 40.6 Å². The molecule has 0 N–H and O–H groups in total. The minimum absolute atomic E-state index is 0.581. The first-order valence-corrected chi connectivity index (χ1v) is 6.97. The summed E-state index contributed by atoms with van der Waals surface area (Å²) in [4.78, 5) is 0. The van der Waals surface area contributed by atoms with Crippen LogP contribution >= 0.6 is 15.9 Å². The van der Waals surface area contributed by atoms with Crippen molar-refractivity contribution in [1.29, 1.82) is 0 Å². The molecule has 94 valence electrons. The highest BCUT2D eigenvalue weighted by Crippen LogP contribution is 2.21. The maximum atomic E-state index is 5.83. The van der Waals surface area contributed by atoms with E-state index in [1.807, 2.05) is 30.3 Å². The second-order valence-electron chi connectivity index (χ2n) is 4.43. The van der Waals surface area contributed by atoms with Crippen LogP contribution in [0.15, 0.2) is 71.2 Å². The van der Waals surface area contributed by atoms with E-state index in [1.54, 1.807) is 0 Å². The monoisotopic (exact) mass is 312 g/mol. The number of benzene rings is 3. The smallest absolute Gasteiger partial charge is 0.120 e. The number of fused-ring (bicyclic) bond motifs is 1. The Morgan fingerprint density at radius 3 is 2.47 bits per heavy atom. The Hall–Kier alpha value is -1.80. The molecule has 0 heterocycles. The highest BCUT2D eigenvalue weighted by molar-refractivity contribution is 9.10. The van der Waals surface area contributed by atoms with Gasteiger partial charge < -0.3 is 4.74 Å². The summed E-state index contributed by atoms with van der Waals surface area (Å²) in [7, 11) is 0. The maximum Gasteiger partial charge on any atom is 0.120 e. The van der Waals surface area contributed by atoms with Crippen LogP contribution in [0.4, 0.5) is 0 Å². The molecular formula is C17H13BrO. The second kappa shape index (κ2) is 5.45.